The zero-order valence-electron chi connectivity index (χ0n) is 9.83. The van der Waals surface area contributed by atoms with Gasteiger partial charge in [0.1, 0.15) is 5.69 Å². The van der Waals surface area contributed by atoms with Gasteiger partial charge >= 0.3 is 0 Å². The van der Waals surface area contributed by atoms with Crippen molar-refractivity contribution in [2.75, 3.05) is 5.32 Å². The van der Waals surface area contributed by atoms with Crippen LogP contribution in [0.5, 0.6) is 0 Å². The van der Waals surface area contributed by atoms with E-state index in [-0.39, 0.29) is 11.8 Å². The molecule has 1 amide bonds. The predicted octanol–water partition coefficient (Wildman–Crippen LogP) is 1.86. The van der Waals surface area contributed by atoms with Gasteiger partial charge in [-0.1, -0.05) is 25.8 Å². The summed E-state index contributed by atoms with van der Waals surface area (Å²) in [4.78, 5) is 12.0. The van der Waals surface area contributed by atoms with E-state index in [2.05, 4.69) is 22.1 Å². The van der Waals surface area contributed by atoms with Crippen molar-refractivity contribution in [3.05, 3.63) is 18.5 Å². The van der Waals surface area contributed by atoms with Crippen LogP contribution in [0.4, 0.5) is 5.69 Å². The van der Waals surface area contributed by atoms with E-state index >= 15 is 0 Å². The van der Waals surface area contributed by atoms with E-state index in [1.165, 1.54) is 6.42 Å². The summed E-state index contributed by atoms with van der Waals surface area (Å²) in [5.74, 6) is 0.186. The van der Waals surface area contributed by atoms with Crippen LogP contribution in [0.1, 0.15) is 37.8 Å². The molecular weight excluding hydrogens is 216 g/mol. The highest BCUT2D eigenvalue weighted by Crippen LogP contribution is 2.25. The number of carbonyl (C=O) groups is 1. The molecule has 1 heterocycles. The topological polar surface area (TPSA) is 83.8 Å². The van der Waals surface area contributed by atoms with E-state index in [9.17, 15) is 4.79 Å². The fourth-order valence-electron chi connectivity index (χ4n) is 2.23. The molecule has 2 rings (SSSR count). The second-order valence-corrected chi connectivity index (χ2v) is 4.51. The lowest BCUT2D eigenvalue weighted by Gasteiger charge is -2.20. The van der Waals surface area contributed by atoms with Crippen LogP contribution < -0.4 is 11.1 Å². The largest absolute Gasteiger partial charge is 0.397 e. The van der Waals surface area contributed by atoms with Crippen LogP contribution in [0.15, 0.2) is 12.8 Å². The highest BCUT2D eigenvalue weighted by molar-refractivity contribution is 5.94. The van der Waals surface area contributed by atoms with Crippen molar-refractivity contribution in [3.63, 3.8) is 0 Å². The second kappa shape index (κ2) is 5.03. The van der Waals surface area contributed by atoms with Crippen molar-refractivity contribution >= 4 is 17.3 Å². The Labute approximate surface area is 100 Å². The molecule has 4 N–H and O–H groups in total. The van der Waals surface area contributed by atoms with Crippen LogP contribution in [-0.2, 0) is 4.79 Å². The standard InChI is InChI=1S/C12H18N4O/c1-8(13)11-10(7-14-16-11)15-12(17)9-5-3-2-4-6-9/h7,9H,1-6,13H2,(H,14,16)(H,15,17). The number of hydrogen-bond acceptors (Lipinski definition) is 3. The number of anilines is 1. The molecule has 1 aliphatic rings. The van der Waals surface area contributed by atoms with E-state index < -0.39 is 0 Å². The molecule has 0 radical (unpaired) electrons. The molecule has 17 heavy (non-hydrogen) atoms. The summed E-state index contributed by atoms with van der Waals surface area (Å²) in [6.07, 6.45) is 7.03. The number of aromatic amines is 1. The van der Waals surface area contributed by atoms with Gasteiger partial charge in [-0.25, -0.2) is 0 Å². The number of aromatic nitrogens is 2. The Morgan fingerprint density at radius 3 is 2.82 bits per heavy atom. The summed E-state index contributed by atoms with van der Waals surface area (Å²) in [7, 11) is 0. The minimum absolute atomic E-state index is 0.0635. The van der Waals surface area contributed by atoms with Crippen LogP contribution in [-0.4, -0.2) is 16.1 Å². The number of hydrogen-bond donors (Lipinski definition) is 3. The number of nitrogens with zero attached hydrogens (tertiary/aromatic N) is 1. The van der Waals surface area contributed by atoms with Gasteiger partial charge in [0.05, 0.1) is 17.6 Å². The third-order valence-electron chi connectivity index (χ3n) is 3.19. The van der Waals surface area contributed by atoms with E-state index in [1.54, 1.807) is 6.20 Å². The fraction of sp³-hybridized carbons (Fsp3) is 0.500. The maximum atomic E-state index is 12.0. The third kappa shape index (κ3) is 2.67. The van der Waals surface area contributed by atoms with Crippen LogP contribution in [0.25, 0.3) is 5.70 Å². The molecule has 0 spiro atoms. The number of nitrogens with two attached hydrogens (primary N) is 1. The lowest BCUT2D eigenvalue weighted by atomic mass is 9.88. The van der Waals surface area contributed by atoms with Gasteiger partial charge in [0, 0.05) is 5.92 Å². The minimum Gasteiger partial charge on any atom is -0.397 e. The van der Waals surface area contributed by atoms with Gasteiger partial charge in [-0.15, -0.1) is 0 Å². The number of H-pyrrole nitrogens is 1. The molecule has 0 atom stereocenters. The molecule has 5 nitrogen and oxygen atoms in total. The molecular formula is C12H18N4O. The van der Waals surface area contributed by atoms with Gasteiger partial charge in [-0.3, -0.25) is 9.89 Å². The predicted molar refractivity (Wildman–Crippen MR) is 67.0 cm³/mol. The Bertz CT molecular complexity index is 418. The molecule has 0 bridgehead atoms. The quantitative estimate of drug-likeness (QED) is 0.746. The maximum Gasteiger partial charge on any atom is 0.227 e. The Hall–Kier alpha value is -1.78. The van der Waals surface area contributed by atoms with Gasteiger partial charge < -0.3 is 11.1 Å². The van der Waals surface area contributed by atoms with Crippen molar-refractivity contribution in [1.82, 2.24) is 10.2 Å². The average Bonchev–Trinajstić information content (AvgIpc) is 2.78. The van der Waals surface area contributed by atoms with Crippen molar-refractivity contribution in [3.8, 4) is 0 Å². The Kier molecular flexibility index (Phi) is 3.46. The highest BCUT2D eigenvalue weighted by atomic mass is 16.1. The average molecular weight is 234 g/mol. The van der Waals surface area contributed by atoms with Crippen LogP contribution in [0, 0.1) is 5.92 Å². The lowest BCUT2D eigenvalue weighted by Crippen LogP contribution is -2.25. The van der Waals surface area contributed by atoms with Crippen LogP contribution >= 0.6 is 0 Å². The van der Waals surface area contributed by atoms with Crippen molar-refractivity contribution in [1.29, 1.82) is 0 Å². The molecule has 0 saturated heterocycles. The Morgan fingerprint density at radius 2 is 2.18 bits per heavy atom. The van der Waals surface area contributed by atoms with Crippen molar-refractivity contribution in [2.45, 2.75) is 32.1 Å². The fourth-order valence-corrected chi connectivity index (χ4v) is 2.23. The summed E-state index contributed by atoms with van der Waals surface area (Å²) in [6.45, 7) is 3.63. The summed E-state index contributed by atoms with van der Waals surface area (Å²) >= 11 is 0. The number of amides is 1. The molecule has 92 valence electrons. The zero-order valence-corrected chi connectivity index (χ0v) is 9.83. The van der Waals surface area contributed by atoms with Gasteiger partial charge in [0.15, 0.2) is 0 Å². The van der Waals surface area contributed by atoms with Gasteiger partial charge in [-0.05, 0) is 12.8 Å². The second-order valence-electron chi connectivity index (χ2n) is 4.51. The number of nitrogens with one attached hydrogen (secondary N) is 2. The molecule has 1 aliphatic carbocycles. The van der Waals surface area contributed by atoms with E-state index in [1.807, 2.05) is 0 Å². The van der Waals surface area contributed by atoms with Gasteiger partial charge in [0.25, 0.3) is 0 Å². The molecule has 0 aliphatic heterocycles. The van der Waals surface area contributed by atoms with E-state index in [0.29, 0.717) is 17.1 Å². The monoisotopic (exact) mass is 234 g/mol. The molecule has 0 unspecified atom stereocenters. The summed E-state index contributed by atoms with van der Waals surface area (Å²) in [6, 6.07) is 0. The van der Waals surface area contributed by atoms with E-state index in [4.69, 9.17) is 5.73 Å². The highest BCUT2D eigenvalue weighted by Gasteiger charge is 2.22. The number of carbonyl (C=O) groups excluding carboxylic acids is 1. The first kappa shape index (κ1) is 11.7. The van der Waals surface area contributed by atoms with Gasteiger partial charge in [0.2, 0.25) is 5.91 Å². The zero-order chi connectivity index (χ0) is 12.3. The first-order valence-corrected chi connectivity index (χ1v) is 5.97. The van der Waals surface area contributed by atoms with Gasteiger partial charge in [-0.2, -0.15) is 5.10 Å². The van der Waals surface area contributed by atoms with Crippen LogP contribution in [0.2, 0.25) is 0 Å². The van der Waals surface area contributed by atoms with Crippen molar-refractivity contribution in [2.24, 2.45) is 11.7 Å². The molecule has 5 heteroatoms. The maximum absolute atomic E-state index is 12.0. The smallest absolute Gasteiger partial charge is 0.227 e. The van der Waals surface area contributed by atoms with E-state index in [0.717, 1.165) is 25.7 Å². The first-order chi connectivity index (χ1) is 8.18. The normalized spacial score (nSPS) is 16.7. The first-order valence-electron chi connectivity index (χ1n) is 5.97. The van der Waals surface area contributed by atoms with Crippen molar-refractivity contribution < 1.29 is 4.79 Å². The minimum atomic E-state index is 0.0635. The summed E-state index contributed by atoms with van der Waals surface area (Å²) in [5, 5.41) is 9.45. The van der Waals surface area contributed by atoms with Crippen LogP contribution in [0.3, 0.4) is 0 Å². The number of rotatable bonds is 3. The molecule has 1 aromatic heterocycles. The Balaban J connectivity index is 2.02. The molecule has 1 aromatic rings. The SMILES string of the molecule is C=C(N)c1[nH]ncc1NC(=O)C1CCCCC1. The summed E-state index contributed by atoms with van der Waals surface area (Å²) < 4.78 is 0. The summed E-state index contributed by atoms with van der Waals surface area (Å²) in [5.41, 5.74) is 7.18. The molecule has 1 fully saturated rings. The lowest BCUT2D eigenvalue weighted by molar-refractivity contribution is -0.120. The molecule has 1 saturated carbocycles. The third-order valence-corrected chi connectivity index (χ3v) is 3.19. The molecule has 0 aromatic carbocycles. The Morgan fingerprint density at radius 1 is 1.47 bits per heavy atom.